The smallest absolute Gasteiger partial charge is 0.292 e. The van der Waals surface area contributed by atoms with Crippen molar-refractivity contribution >= 4 is 11.4 Å². The maximum absolute atomic E-state index is 10.8. The molecule has 1 fully saturated rings. The van der Waals surface area contributed by atoms with Gasteiger partial charge < -0.3 is 15.2 Å². The third-order valence-electron chi connectivity index (χ3n) is 3.21. The van der Waals surface area contributed by atoms with Crippen LogP contribution in [-0.2, 0) is 4.74 Å². The van der Waals surface area contributed by atoms with Crippen LogP contribution >= 0.6 is 0 Å². The standard InChI is InChI=1S/C11H12N2O4/c1-11(2)10-9(16-10)5-3-7(13(14)15)6(12)4-8(5)17-11/h3-4,9-10H,12H2,1-2H3. The predicted molar refractivity (Wildman–Crippen MR) is 59.8 cm³/mol. The number of hydrogen-bond acceptors (Lipinski definition) is 5. The molecule has 0 aliphatic carbocycles. The number of fused-ring (bicyclic) bond motifs is 3. The number of nitrogens with two attached hydrogens (primary N) is 1. The zero-order valence-electron chi connectivity index (χ0n) is 9.47. The Morgan fingerprint density at radius 2 is 2.18 bits per heavy atom. The summed E-state index contributed by atoms with van der Waals surface area (Å²) in [6, 6.07) is 2.96. The van der Waals surface area contributed by atoms with Crippen molar-refractivity contribution in [2.75, 3.05) is 5.73 Å². The van der Waals surface area contributed by atoms with Crippen molar-refractivity contribution in [1.82, 2.24) is 0 Å². The molecule has 1 saturated heterocycles. The van der Waals surface area contributed by atoms with Gasteiger partial charge in [-0.2, -0.15) is 0 Å². The molecule has 90 valence electrons. The number of rotatable bonds is 1. The third kappa shape index (κ3) is 1.37. The summed E-state index contributed by atoms with van der Waals surface area (Å²) in [5, 5.41) is 10.8. The number of nitrogen functional groups attached to an aromatic ring is 1. The number of nitro benzene ring substituents is 1. The van der Waals surface area contributed by atoms with E-state index >= 15 is 0 Å². The average molecular weight is 236 g/mol. The monoisotopic (exact) mass is 236 g/mol. The second-order valence-corrected chi connectivity index (χ2v) is 4.89. The van der Waals surface area contributed by atoms with E-state index in [1.54, 1.807) is 0 Å². The van der Waals surface area contributed by atoms with Crippen molar-refractivity contribution in [3.63, 3.8) is 0 Å². The highest BCUT2D eigenvalue weighted by atomic mass is 16.6. The fourth-order valence-corrected chi connectivity index (χ4v) is 2.29. The van der Waals surface area contributed by atoms with Crippen LogP contribution in [0.5, 0.6) is 5.75 Å². The summed E-state index contributed by atoms with van der Waals surface area (Å²) in [6.07, 6.45) is -0.133. The number of hydrogen-bond donors (Lipinski definition) is 1. The molecule has 17 heavy (non-hydrogen) atoms. The minimum Gasteiger partial charge on any atom is -0.485 e. The van der Waals surface area contributed by atoms with Gasteiger partial charge in [0.1, 0.15) is 29.2 Å². The van der Waals surface area contributed by atoms with Crippen LogP contribution < -0.4 is 10.5 Å². The van der Waals surface area contributed by atoms with Gasteiger partial charge in [-0.1, -0.05) is 0 Å². The summed E-state index contributed by atoms with van der Waals surface area (Å²) in [5.74, 6) is 0.580. The highest BCUT2D eigenvalue weighted by Gasteiger charge is 2.57. The molecule has 0 radical (unpaired) electrons. The first-order chi connectivity index (χ1) is 7.90. The molecule has 2 atom stereocenters. The fourth-order valence-electron chi connectivity index (χ4n) is 2.29. The van der Waals surface area contributed by atoms with Crippen LogP contribution in [0.2, 0.25) is 0 Å². The van der Waals surface area contributed by atoms with E-state index in [0.29, 0.717) is 5.75 Å². The van der Waals surface area contributed by atoms with Gasteiger partial charge in [-0.15, -0.1) is 0 Å². The largest absolute Gasteiger partial charge is 0.485 e. The van der Waals surface area contributed by atoms with Crippen LogP contribution in [0.25, 0.3) is 0 Å². The molecule has 2 unspecified atom stereocenters. The first kappa shape index (κ1) is 10.3. The van der Waals surface area contributed by atoms with E-state index in [9.17, 15) is 10.1 Å². The summed E-state index contributed by atoms with van der Waals surface area (Å²) in [6.45, 7) is 3.86. The maximum atomic E-state index is 10.8. The van der Waals surface area contributed by atoms with E-state index in [4.69, 9.17) is 15.2 Å². The summed E-state index contributed by atoms with van der Waals surface area (Å²) in [7, 11) is 0. The average Bonchev–Trinajstić information content (AvgIpc) is 2.96. The third-order valence-corrected chi connectivity index (χ3v) is 3.21. The molecule has 0 spiro atoms. The molecular formula is C11H12N2O4. The zero-order valence-corrected chi connectivity index (χ0v) is 9.47. The summed E-state index contributed by atoms with van der Waals surface area (Å²) in [5.41, 5.74) is 5.95. The lowest BCUT2D eigenvalue weighted by Crippen LogP contribution is -2.37. The Morgan fingerprint density at radius 3 is 2.82 bits per heavy atom. The minimum atomic E-state index is -0.493. The van der Waals surface area contributed by atoms with Gasteiger partial charge in [0, 0.05) is 17.7 Å². The van der Waals surface area contributed by atoms with Crippen LogP contribution in [0.15, 0.2) is 12.1 Å². The Hall–Kier alpha value is -1.82. The van der Waals surface area contributed by atoms with Crippen molar-refractivity contribution in [1.29, 1.82) is 0 Å². The summed E-state index contributed by atoms with van der Waals surface area (Å²) in [4.78, 5) is 10.3. The van der Waals surface area contributed by atoms with Crippen molar-refractivity contribution in [2.45, 2.75) is 31.7 Å². The van der Waals surface area contributed by atoms with Crippen molar-refractivity contribution < 1.29 is 14.4 Å². The molecule has 6 nitrogen and oxygen atoms in total. The normalized spacial score (nSPS) is 27.6. The van der Waals surface area contributed by atoms with E-state index in [1.807, 2.05) is 13.8 Å². The molecule has 2 N–H and O–H groups in total. The number of anilines is 1. The van der Waals surface area contributed by atoms with Crippen LogP contribution in [0, 0.1) is 10.1 Å². The van der Waals surface area contributed by atoms with Gasteiger partial charge in [-0.05, 0) is 13.8 Å². The second-order valence-electron chi connectivity index (χ2n) is 4.89. The minimum absolute atomic E-state index is 0.0294. The molecule has 3 rings (SSSR count). The highest BCUT2D eigenvalue weighted by Crippen LogP contribution is 2.55. The number of ether oxygens (including phenoxy) is 2. The molecule has 2 aliphatic rings. The van der Waals surface area contributed by atoms with Crippen LogP contribution in [0.4, 0.5) is 11.4 Å². The van der Waals surface area contributed by atoms with Crippen molar-refractivity contribution in [2.24, 2.45) is 0 Å². The molecule has 1 aromatic carbocycles. The van der Waals surface area contributed by atoms with Gasteiger partial charge in [0.05, 0.1) is 4.92 Å². The number of epoxide rings is 1. The Labute approximate surface area is 97.5 Å². The lowest BCUT2D eigenvalue weighted by molar-refractivity contribution is -0.384. The van der Waals surface area contributed by atoms with Crippen LogP contribution in [-0.4, -0.2) is 16.6 Å². The Kier molecular flexibility index (Phi) is 1.76. The second kappa shape index (κ2) is 2.89. The predicted octanol–water partition coefficient (Wildman–Crippen LogP) is 1.79. The maximum Gasteiger partial charge on any atom is 0.292 e. The molecule has 0 saturated carbocycles. The molecule has 2 heterocycles. The first-order valence-corrected chi connectivity index (χ1v) is 5.32. The first-order valence-electron chi connectivity index (χ1n) is 5.32. The van der Waals surface area contributed by atoms with E-state index in [-0.39, 0.29) is 23.6 Å². The number of nitrogens with zero attached hydrogens (tertiary/aromatic N) is 1. The molecular weight excluding hydrogens is 224 g/mol. The number of nitro groups is 1. The summed E-state index contributed by atoms with van der Waals surface area (Å²) >= 11 is 0. The Bertz CT molecular complexity index is 526. The van der Waals surface area contributed by atoms with Crippen LogP contribution in [0.3, 0.4) is 0 Å². The Balaban J connectivity index is 2.12. The fraction of sp³-hybridized carbons (Fsp3) is 0.455. The molecule has 6 heteroatoms. The van der Waals surface area contributed by atoms with E-state index in [2.05, 4.69) is 0 Å². The number of benzene rings is 1. The molecule has 0 aromatic heterocycles. The van der Waals surface area contributed by atoms with Crippen molar-refractivity contribution in [3.05, 3.63) is 27.8 Å². The summed E-state index contributed by atoms with van der Waals surface area (Å²) < 4.78 is 11.3. The van der Waals surface area contributed by atoms with Crippen LogP contribution in [0.1, 0.15) is 25.5 Å². The lowest BCUT2D eigenvalue weighted by atomic mass is 9.94. The zero-order chi connectivity index (χ0) is 12.4. The van der Waals surface area contributed by atoms with E-state index in [1.165, 1.54) is 12.1 Å². The molecule has 1 aromatic rings. The highest BCUT2D eigenvalue weighted by molar-refractivity contribution is 5.65. The quantitative estimate of drug-likeness (QED) is 0.347. The SMILES string of the molecule is CC1(C)Oc2cc(N)c([N+](=O)[O-])cc2C2OC21. The van der Waals surface area contributed by atoms with Gasteiger partial charge in [-0.25, -0.2) is 0 Å². The van der Waals surface area contributed by atoms with Gasteiger partial charge in [0.25, 0.3) is 5.69 Å². The van der Waals surface area contributed by atoms with E-state index < -0.39 is 10.5 Å². The van der Waals surface area contributed by atoms with Gasteiger partial charge in [0.2, 0.25) is 0 Å². The van der Waals surface area contributed by atoms with E-state index in [0.717, 1.165) is 5.56 Å². The lowest BCUT2D eigenvalue weighted by Gasteiger charge is -2.29. The topological polar surface area (TPSA) is 90.9 Å². The van der Waals surface area contributed by atoms with Gasteiger partial charge in [-0.3, -0.25) is 10.1 Å². The van der Waals surface area contributed by atoms with Gasteiger partial charge >= 0.3 is 0 Å². The van der Waals surface area contributed by atoms with Crippen molar-refractivity contribution in [3.8, 4) is 5.75 Å². The Morgan fingerprint density at radius 1 is 1.47 bits per heavy atom. The molecule has 2 aliphatic heterocycles. The molecule has 0 bridgehead atoms. The molecule has 0 amide bonds. The van der Waals surface area contributed by atoms with Gasteiger partial charge in [0.15, 0.2) is 0 Å².